The van der Waals surface area contributed by atoms with E-state index in [-0.39, 0.29) is 6.61 Å². The van der Waals surface area contributed by atoms with Crippen LogP contribution in [0, 0.1) is 0 Å². The van der Waals surface area contributed by atoms with Crippen molar-refractivity contribution in [1.82, 2.24) is 10.3 Å². The van der Waals surface area contributed by atoms with E-state index in [0.29, 0.717) is 0 Å². The van der Waals surface area contributed by atoms with Crippen molar-refractivity contribution in [3.63, 3.8) is 0 Å². The van der Waals surface area contributed by atoms with Crippen molar-refractivity contribution in [3.05, 3.63) is 64.7 Å². The number of hydrogen-bond donors (Lipinski definition) is 2. The fourth-order valence-corrected chi connectivity index (χ4v) is 3.01. The van der Waals surface area contributed by atoms with Crippen molar-refractivity contribution < 1.29 is 5.11 Å². The lowest BCUT2D eigenvalue weighted by Gasteiger charge is -2.03. The summed E-state index contributed by atoms with van der Waals surface area (Å²) in [4.78, 5) is 4.59. The SMILES string of the molecule is OCc1ccc(CNCc2nc3ccccc3s2)cc1. The van der Waals surface area contributed by atoms with E-state index >= 15 is 0 Å². The summed E-state index contributed by atoms with van der Waals surface area (Å²) in [5.74, 6) is 0. The van der Waals surface area contributed by atoms with Gasteiger partial charge in [0.25, 0.3) is 0 Å². The van der Waals surface area contributed by atoms with Crippen molar-refractivity contribution in [3.8, 4) is 0 Å². The summed E-state index contributed by atoms with van der Waals surface area (Å²) in [5.41, 5.74) is 3.23. The molecule has 0 atom stereocenters. The van der Waals surface area contributed by atoms with Crippen molar-refractivity contribution in [2.24, 2.45) is 0 Å². The van der Waals surface area contributed by atoms with Gasteiger partial charge in [-0.25, -0.2) is 4.98 Å². The Morgan fingerprint density at radius 3 is 2.45 bits per heavy atom. The van der Waals surface area contributed by atoms with Gasteiger partial charge in [-0.15, -0.1) is 11.3 Å². The maximum Gasteiger partial charge on any atom is 0.108 e. The molecule has 0 saturated heterocycles. The molecule has 0 saturated carbocycles. The van der Waals surface area contributed by atoms with Gasteiger partial charge < -0.3 is 10.4 Å². The van der Waals surface area contributed by atoms with Gasteiger partial charge in [0.2, 0.25) is 0 Å². The lowest BCUT2D eigenvalue weighted by atomic mass is 10.1. The number of benzene rings is 2. The standard InChI is InChI=1S/C16H16N2OS/c19-11-13-7-5-12(6-8-13)9-17-10-16-18-14-3-1-2-4-15(14)20-16/h1-8,17,19H,9-11H2. The molecule has 3 rings (SSSR count). The van der Waals surface area contributed by atoms with Crippen LogP contribution in [0.15, 0.2) is 48.5 Å². The molecule has 20 heavy (non-hydrogen) atoms. The largest absolute Gasteiger partial charge is 0.392 e. The predicted molar refractivity (Wildman–Crippen MR) is 82.5 cm³/mol. The van der Waals surface area contributed by atoms with E-state index in [9.17, 15) is 0 Å². The Morgan fingerprint density at radius 2 is 1.70 bits per heavy atom. The van der Waals surface area contributed by atoms with Crippen molar-refractivity contribution in [2.45, 2.75) is 19.7 Å². The van der Waals surface area contributed by atoms with E-state index in [2.05, 4.69) is 16.4 Å². The highest BCUT2D eigenvalue weighted by Crippen LogP contribution is 2.21. The van der Waals surface area contributed by atoms with E-state index in [1.54, 1.807) is 11.3 Å². The minimum absolute atomic E-state index is 0.0966. The monoisotopic (exact) mass is 284 g/mol. The number of fused-ring (bicyclic) bond motifs is 1. The molecule has 0 bridgehead atoms. The van der Waals surface area contributed by atoms with Crippen LogP contribution < -0.4 is 5.32 Å². The van der Waals surface area contributed by atoms with E-state index < -0.39 is 0 Å². The zero-order valence-corrected chi connectivity index (χ0v) is 11.9. The first-order chi connectivity index (χ1) is 9.85. The van der Waals surface area contributed by atoms with Crippen LogP contribution in [-0.4, -0.2) is 10.1 Å². The maximum atomic E-state index is 9.00. The number of aliphatic hydroxyl groups excluding tert-OH is 1. The Labute approximate surface area is 121 Å². The van der Waals surface area contributed by atoms with Crippen LogP contribution in [0.25, 0.3) is 10.2 Å². The van der Waals surface area contributed by atoms with Gasteiger partial charge in [0.05, 0.1) is 16.8 Å². The molecule has 0 aliphatic heterocycles. The molecule has 0 fully saturated rings. The van der Waals surface area contributed by atoms with Crippen LogP contribution >= 0.6 is 11.3 Å². The minimum Gasteiger partial charge on any atom is -0.392 e. The number of nitrogens with zero attached hydrogens (tertiary/aromatic N) is 1. The fraction of sp³-hybridized carbons (Fsp3) is 0.188. The van der Waals surface area contributed by atoms with Gasteiger partial charge >= 0.3 is 0 Å². The third-order valence-electron chi connectivity index (χ3n) is 3.15. The predicted octanol–water partition coefficient (Wildman–Crippen LogP) is 3.08. The zero-order chi connectivity index (χ0) is 13.8. The lowest BCUT2D eigenvalue weighted by Crippen LogP contribution is -2.12. The highest BCUT2D eigenvalue weighted by molar-refractivity contribution is 7.18. The highest BCUT2D eigenvalue weighted by atomic mass is 32.1. The van der Waals surface area contributed by atoms with Gasteiger partial charge in [0.1, 0.15) is 5.01 Å². The van der Waals surface area contributed by atoms with Gasteiger partial charge in [-0.2, -0.15) is 0 Å². The van der Waals surface area contributed by atoms with Crippen LogP contribution in [0.4, 0.5) is 0 Å². The van der Waals surface area contributed by atoms with E-state index in [1.165, 1.54) is 10.3 Å². The smallest absolute Gasteiger partial charge is 0.108 e. The summed E-state index contributed by atoms with van der Waals surface area (Å²) < 4.78 is 1.23. The molecular formula is C16H16N2OS. The summed E-state index contributed by atoms with van der Waals surface area (Å²) in [6.45, 7) is 1.68. The lowest BCUT2D eigenvalue weighted by molar-refractivity contribution is 0.282. The molecule has 2 N–H and O–H groups in total. The van der Waals surface area contributed by atoms with Crippen molar-refractivity contribution in [2.75, 3.05) is 0 Å². The first-order valence-corrected chi connectivity index (χ1v) is 7.40. The Balaban J connectivity index is 1.58. The van der Waals surface area contributed by atoms with Crippen molar-refractivity contribution in [1.29, 1.82) is 0 Å². The number of rotatable bonds is 5. The second-order valence-corrected chi connectivity index (χ2v) is 5.77. The molecule has 0 aliphatic rings. The molecule has 0 unspecified atom stereocenters. The Morgan fingerprint density at radius 1 is 0.950 bits per heavy atom. The number of nitrogens with one attached hydrogen (secondary N) is 1. The normalized spacial score (nSPS) is 11.1. The van der Waals surface area contributed by atoms with Gasteiger partial charge in [-0.3, -0.25) is 0 Å². The minimum atomic E-state index is 0.0966. The summed E-state index contributed by atoms with van der Waals surface area (Å²) in [6, 6.07) is 16.2. The van der Waals surface area contributed by atoms with Gasteiger partial charge in [0.15, 0.2) is 0 Å². The topological polar surface area (TPSA) is 45.1 Å². The summed E-state index contributed by atoms with van der Waals surface area (Å²) >= 11 is 1.73. The molecule has 0 amide bonds. The fourth-order valence-electron chi connectivity index (χ4n) is 2.07. The highest BCUT2D eigenvalue weighted by Gasteiger charge is 2.02. The summed E-state index contributed by atoms with van der Waals surface area (Å²) in [6.07, 6.45) is 0. The summed E-state index contributed by atoms with van der Waals surface area (Å²) in [7, 11) is 0. The van der Waals surface area contributed by atoms with E-state index in [4.69, 9.17) is 5.11 Å². The first kappa shape index (κ1) is 13.2. The van der Waals surface area contributed by atoms with Gasteiger partial charge in [-0.1, -0.05) is 36.4 Å². The van der Waals surface area contributed by atoms with Crippen LogP contribution in [0.3, 0.4) is 0 Å². The Bertz CT molecular complexity index is 658. The average molecular weight is 284 g/mol. The Kier molecular flexibility index (Phi) is 4.06. The van der Waals surface area contributed by atoms with Crippen LogP contribution in [0.1, 0.15) is 16.1 Å². The molecule has 3 aromatic rings. The molecule has 3 nitrogen and oxygen atoms in total. The number of hydrogen-bond acceptors (Lipinski definition) is 4. The number of aromatic nitrogens is 1. The summed E-state index contributed by atoms with van der Waals surface area (Å²) in [5, 5.41) is 13.5. The molecule has 1 heterocycles. The molecule has 102 valence electrons. The third kappa shape index (κ3) is 3.04. The second kappa shape index (κ2) is 6.13. The molecular weight excluding hydrogens is 268 g/mol. The van der Waals surface area contributed by atoms with Crippen molar-refractivity contribution >= 4 is 21.6 Å². The second-order valence-electron chi connectivity index (χ2n) is 4.65. The van der Waals surface area contributed by atoms with E-state index in [1.807, 2.05) is 42.5 Å². The Hall–Kier alpha value is -1.75. The number of thiazole rings is 1. The zero-order valence-electron chi connectivity index (χ0n) is 11.0. The van der Waals surface area contributed by atoms with Crippen LogP contribution in [-0.2, 0) is 19.7 Å². The maximum absolute atomic E-state index is 9.00. The van der Waals surface area contributed by atoms with Gasteiger partial charge in [0, 0.05) is 13.1 Å². The third-order valence-corrected chi connectivity index (χ3v) is 4.19. The molecule has 0 radical (unpaired) electrons. The van der Waals surface area contributed by atoms with E-state index in [0.717, 1.165) is 29.2 Å². The average Bonchev–Trinajstić information content (AvgIpc) is 2.90. The molecule has 0 spiro atoms. The van der Waals surface area contributed by atoms with Crippen LogP contribution in [0.2, 0.25) is 0 Å². The molecule has 0 aliphatic carbocycles. The van der Waals surface area contributed by atoms with Gasteiger partial charge in [-0.05, 0) is 23.3 Å². The molecule has 4 heteroatoms. The molecule has 1 aromatic heterocycles. The van der Waals surface area contributed by atoms with Crippen LogP contribution in [0.5, 0.6) is 0 Å². The molecule has 2 aromatic carbocycles. The number of para-hydroxylation sites is 1. The first-order valence-electron chi connectivity index (χ1n) is 6.59. The number of aliphatic hydroxyl groups is 1. The quantitative estimate of drug-likeness (QED) is 0.757.